The predicted molar refractivity (Wildman–Crippen MR) is 91.6 cm³/mol. The quantitative estimate of drug-likeness (QED) is 0.741. The van der Waals surface area contributed by atoms with Crippen LogP contribution >= 0.6 is 31.9 Å². The van der Waals surface area contributed by atoms with E-state index in [-0.39, 0.29) is 12.5 Å². The van der Waals surface area contributed by atoms with Crippen LogP contribution in [-0.2, 0) is 4.79 Å². The van der Waals surface area contributed by atoms with Gasteiger partial charge in [-0.3, -0.25) is 4.79 Å². The molecule has 0 spiro atoms. The van der Waals surface area contributed by atoms with Crippen molar-refractivity contribution in [2.24, 2.45) is 0 Å². The lowest BCUT2D eigenvalue weighted by atomic mass is 10.2. The molecular weight excluding hydrogens is 400 g/mol. The SMILES string of the molecule is Cc1cc(Br)c(NC(=O)COc2ccc(N)cc2)c(Br)c1. The molecule has 0 aliphatic carbocycles. The highest BCUT2D eigenvalue weighted by Crippen LogP contribution is 2.32. The third kappa shape index (κ3) is 4.47. The molecule has 2 aromatic carbocycles. The summed E-state index contributed by atoms with van der Waals surface area (Å²) in [6.45, 7) is 1.90. The molecule has 2 aromatic rings. The van der Waals surface area contributed by atoms with E-state index in [2.05, 4.69) is 37.2 Å². The van der Waals surface area contributed by atoms with E-state index in [0.717, 1.165) is 14.5 Å². The fraction of sp³-hybridized carbons (Fsp3) is 0.133. The van der Waals surface area contributed by atoms with Crippen molar-refractivity contribution in [1.82, 2.24) is 0 Å². The van der Waals surface area contributed by atoms with Gasteiger partial charge in [0.25, 0.3) is 5.91 Å². The van der Waals surface area contributed by atoms with Gasteiger partial charge < -0.3 is 15.8 Å². The molecule has 110 valence electrons. The number of nitrogens with one attached hydrogen (secondary N) is 1. The normalized spacial score (nSPS) is 10.2. The van der Waals surface area contributed by atoms with Crippen LogP contribution in [0.1, 0.15) is 5.56 Å². The number of aryl methyl sites for hydroxylation is 1. The maximum Gasteiger partial charge on any atom is 0.262 e. The number of nitrogen functional groups attached to an aromatic ring is 1. The standard InChI is InChI=1S/C15H14Br2N2O2/c1-9-6-12(16)15(13(17)7-9)19-14(20)8-21-11-4-2-10(18)3-5-11/h2-7H,8,18H2,1H3,(H,19,20). The molecule has 0 saturated carbocycles. The number of rotatable bonds is 4. The second kappa shape index (κ2) is 6.95. The summed E-state index contributed by atoms with van der Waals surface area (Å²) in [5.41, 5.74) is 8.01. The molecule has 1 amide bonds. The van der Waals surface area contributed by atoms with E-state index < -0.39 is 0 Å². The largest absolute Gasteiger partial charge is 0.484 e. The molecular formula is C15H14Br2N2O2. The minimum Gasteiger partial charge on any atom is -0.484 e. The van der Waals surface area contributed by atoms with Crippen molar-refractivity contribution in [1.29, 1.82) is 0 Å². The summed E-state index contributed by atoms with van der Waals surface area (Å²) in [4.78, 5) is 11.9. The van der Waals surface area contributed by atoms with Crippen LogP contribution in [0.3, 0.4) is 0 Å². The van der Waals surface area contributed by atoms with Crippen molar-refractivity contribution >= 4 is 49.1 Å². The molecule has 0 fully saturated rings. The van der Waals surface area contributed by atoms with Gasteiger partial charge in [0.2, 0.25) is 0 Å². The van der Waals surface area contributed by atoms with Crippen molar-refractivity contribution in [3.63, 3.8) is 0 Å². The first-order valence-electron chi connectivity index (χ1n) is 6.19. The summed E-state index contributed by atoms with van der Waals surface area (Å²) in [6, 6.07) is 10.8. The topological polar surface area (TPSA) is 64.3 Å². The number of halogens is 2. The van der Waals surface area contributed by atoms with Crippen molar-refractivity contribution in [2.75, 3.05) is 17.7 Å². The zero-order valence-electron chi connectivity index (χ0n) is 11.3. The Bertz CT molecular complexity index is 634. The van der Waals surface area contributed by atoms with E-state index >= 15 is 0 Å². The Hall–Kier alpha value is -1.53. The number of benzene rings is 2. The van der Waals surface area contributed by atoms with E-state index in [9.17, 15) is 4.79 Å². The zero-order chi connectivity index (χ0) is 15.4. The summed E-state index contributed by atoms with van der Waals surface area (Å²) in [5.74, 6) is 0.360. The summed E-state index contributed by atoms with van der Waals surface area (Å²) < 4.78 is 7.03. The van der Waals surface area contributed by atoms with Gasteiger partial charge in [-0.2, -0.15) is 0 Å². The maximum atomic E-state index is 11.9. The number of ether oxygens (including phenoxy) is 1. The summed E-state index contributed by atoms with van der Waals surface area (Å²) in [6.07, 6.45) is 0. The molecule has 0 radical (unpaired) electrons. The third-order valence-corrected chi connectivity index (χ3v) is 3.95. The average Bonchev–Trinajstić information content (AvgIpc) is 2.42. The lowest BCUT2D eigenvalue weighted by Gasteiger charge is -2.11. The molecule has 0 atom stereocenters. The van der Waals surface area contributed by atoms with E-state index in [1.165, 1.54) is 0 Å². The highest BCUT2D eigenvalue weighted by Gasteiger charge is 2.10. The number of hydrogen-bond acceptors (Lipinski definition) is 3. The molecule has 0 aliphatic rings. The van der Waals surface area contributed by atoms with Gasteiger partial charge in [0, 0.05) is 14.6 Å². The highest BCUT2D eigenvalue weighted by molar-refractivity contribution is 9.11. The van der Waals surface area contributed by atoms with Crippen molar-refractivity contribution in [3.05, 3.63) is 50.9 Å². The number of nitrogens with two attached hydrogens (primary N) is 1. The first-order valence-corrected chi connectivity index (χ1v) is 7.78. The second-order valence-corrected chi connectivity index (χ2v) is 6.22. The first kappa shape index (κ1) is 15.9. The predicted octanol–water partition coefficient (Wildman–Crippen LogP) is 4.12. The third-order valence-electron chi connectivity index (χ3n) is 2.70. The molecule has 0 bridgehead atoms. The van der Waals surface area contributed by atoms with Crippen LogP contribution in [0.4, 0.5) is 11.4 Å². The molecule has 6 heteroatoms. The Labute approximate surface area is 139 Å². The molecule has 0 unspecified atom stereocenters. The van der Waals surface area contributed by atoms with Crippen molar-refractivity contribution in [2.45, 2.75) is 6.92 Å². The van der Waals surface area contributed by atoms with Crippen LogP contribution in [0.5, 0.6) is 5.75 Å². The van der Waals surface area contributed by atoms with Crippen molar-refractivity contribution in [3.8, 4) is 5.75 Å². The molecule has 0 saturated heterocycles. The zero-order valence-corrected chi connectivity index (χ0v) is 14.5. The Kier molecular flexibility index (Phi) is 5.25. The van der Waals surface area contributed by atoms with Crippen LogP contribution in [-0.4, -0.2) is 12.5 Å². The molecule has 21 heavy (non-hydrogen) atoms. The fourth-order valence-corrected chi connectivity index (χ4v) is 3.32. The monoisotopic (exact) mass is 412 g/mol. The van der Waals surface area contributed by atoms with Crippen LogP contribution in [0.25, 0.3) is 0 Å². The van der Waals surface area contributed by atoms with Gasteiger partial charge in [0.05, 0.1) is 5.69 Å². The molecule has 0 heterocycles. The number of carbonyl (C=O) groups is 1. The van der Waals surface area contributed by atoms with Gasteiger partial charge in [0.1, 0.15) is 5.75 Å². The molecule has 0 aromatic heterocycles. The average molecular weight is 414 g/mol. The van der Waals surface area contributed by atoms with Gasteiger partial charge >= 0.3 is 0 Å². The molecule has 2 rings (SSSR count). The fourth-order valence-electron chi connectivity index (χ4n) is 1.71. The Morgan fingerprint density at radius 2 is 1.76 bits per heavy atom. The van der Waals surface area contributed by atoms with Gasteiger partial charge in [-0.1, -0.05) is 0 Å². The van der Waals surface area contributed by atoms with E-state index in [1.54, 1.807) is 24.3 Å². The van der Waals surface area contributed by atoms with E-state index in [0.29, 0.717) is 17.1 Å². The van der Waals surface area contributed by atoms with Gasteiger partial charge in [-0.25, -0.2) is 0 Å². The summed E-state index contributed by atoms with van der Waals surface area (Å²) >= 11 is 6.86. The lowest BCUT2D eigenvalue weighted by Crippen LogP contribution is -2.20. The summed E-state index contributed by atoms with van der Waals surface area (Å²) in [7, 11) is 0. The van der Waals surface area contributed by atoms with Crippen LogP contribution in [0, 0.1) is 6.92 Å². The van der Waals surface area contributed by atoms with Crippen LogP contribution < -0.4 is 15.8 Å². The van der Waals surface area contributed by atoms with Gasteiger partial charge in [-0.05, 0) is 80.7 Å². The molecule has 4 nitrogen and oxygen atoms in total. The Morgan fingerprint density at radius 1 is 1.19 bits per heavy atom. The van der Waals surface area contributed by atoms with Crippen LogP contribution in [0.2, 0.25) is 0 Å². The van der Waals surface area contributed by atoms with E-state index in [4.69, 9.17) is 10.5 Å². The van der Waals surface area contributed by atoms with Crippen LogP contribution in [0.15, 0.2) is 45.3 Å². The lowest BCUT2D eigenvalue weighted by molar-refractivity contribution is -0.118. The van der Waals surface area contributed by atoms with Crippen molar-refractivity contribution < 1.29 is 9.53 Å². The van der Waals surface area contributed by atoms with Gasteiger partial charge in [-0.15, -0.1) is 0 Å². The minimum atomic E-state index is -0.239. The molecule has 0 aliphatic heterocycles. The summed E-state index contributed by atoms with van der Waals surface area (Å²) in [5, 5.41) is 2.80. The Morgan fingerprint density at radius 3 is 2.33 bits per heavy atom. The smallest absolute Gasteiger partial charge is 0.262 e. The second-order valence-electron chi connectivity index (χ2n) is 4.51. The number of amides is 1. The number of carbonyl (C=O) groups excluding carboxylic acids is 1. The Balaban J connectivity index is 1.97. The number of hydrogen-bond donors (Lipinski definition) is 2. The highest BCUT2D eigenvalue weighted by atomic mass is 79.9. The number of anilines is 2. The van der Waals surface area contributed by atoms with E-state index in [1.807, 2.05) is 19.1 Å². The molecule has 3 N–H and O–H groups in total. The first-order chi connectivity index (χ1) is 9.95. The van der Waals surface area contributed by atoms with Gasteiger partial charge in [0.15, 0.2) is 6.61 Å². The maximum absolute atomic E-state index is 11.9. The minimum absolute atomic E-state index is 0.0727.